The molecule has 1 aliphatic carbocycles. The number of hydrogen-bond donors (Lipinski definition) is 0. The highest BCUT2D eigenvalue weighted by molar-refractivity contribution is 6.35. The Morgan fingerprint density at radius 1 is 0.917 bits per heavy atom. The molecule has 0 unspecified atom stereocenters. The number of hydrogen-bond acceptors (Lipinski definition) is 3. The SMILES string of the molecule is Clc1ccc(CO/N=C2\c3ccccc3-c3ncccc32)c(Cl)c1. The third-order valence-corrected chi connectivity index (χ3v) is 4.48. The quantitative estimate of drug-likeness (QED) is 0.465. The fraction of sp³-hybridized carbons (Fsp3) is 0.0526. The van der Waals surface area contributed by atoms with E-state index in [1.807, 2.05) is 42.5 Å². The van der Waals surface area contributed by atoms with Gasteiger partial charge in [-0.1, -0.05) is 58.7 Å². The maximum Gasteiger partial charge on any atom is 0.143 e. The molecule has 4 rings (SSSR count). The molecule has 0 fully saturated rings. The van der Waals surface area contributed by atoms with Crippen LogP contribution in [0.25, 0.3) is 11.3 Å². The van der Waals surface area contributed by atoms with Gasteiger partial charge in [-0.2, -0.15) is 0 Å². The molecule has 0 N–H and O–H groups in total. The van der Waals surface area contributed by atoms with Crippen molar-refractivity contribution in [3.05, 3.63) is 87.5 Å². The van der Waals surface area contributed by atoms with Crippen molar-refractivity contribution in [1.82, 2.24) is 4.98 Å². The third-order valence-electron chi connectivity index (χ3n) is 3.89. The second kappa shape index (κ2) is 6.27. The van der Waals surface area contributed by atoms with Crippen molar-refractivity contribution < 1.29 is 4.84 Å². The van der Waals surface area contributed by atoms with Crippen LogP contribution in [0.1, 0.15) is 16.7 Å². The predicted octanol–water partition coefficient (Wildman–Crippen LogP) is 5.34. The molecule has 1 heterocycles. The number of benzene rings is 2. The zero-order valence-electron chi connectivity index (χ0n) is 12.5. The summed E-state index contributed by atoms with van der Waals surface area (Å²) in [7, 11) is 0. The Balaban J connectivity index is 1.65. The van der Waals surface area contributed by atoms with Gasteiger partial charge in [0.2, 0.25) is 0 Å². The summed E-state index contributed by atoms with van der Waals surface area (Å²) >= 11 is 12.1. The van der Waals surface area contributed by atoms with Gasteiger partial charge in [-0.15, -0.1) is 0 Å². The molecule has 0 atom stereocenters. The van der Waals surface area contributed by atoms with Crippen molar-refractivity contribution in [3.63, 3.8) is 0 Å². The Hall–Kier alpha value is -2.36. The van der Waals surface area contributed by atoms with Gasteiger partial charge >= 0.3 is 0 Å². The topological polar surface area (TPSA) is 34.5 Å². The van der Waals surface area contributed by atoms with Gasteiger partial charge in [0.15, 0.2) is 0 Å². The van der Waals surface area contributed by atoms with Gasteiger partial charge in [-0.3, -0.25) is 4.98 Å². The molecule has 2 aromatic carbocycles. The molecule has 0 bridgehead atoms. The average molecular weight is 355 g/mol. The molecule has 5 heteroatoms. The van der Waals surface area contributed by atoms with Crippen LogP contribution in [0.3, 0.4) is 0 Å². The van der Waals surface area contributed by atoms with E-state index in [2.05, 4.69) is 10.1 Å². The van der Waals surface area contributed by atoms with Gasteiger partial charge in [0.05, 0.1) is 5.69 Å². The van der Waals surface area contributed by atoms with Crippen LogP contribution in [-0.4, -0.2) is 10.7 Å². The molecule has 118 valence electrons. The lowest BCUT2D eigenvalue weighted by Gasteiger charge is -2.05. The highest BCUT2D eigenvalue weighted by Gasteiger charge is 2.25. The first kappa shape index (κ1) is 15.2. The summed E-state index contributed by atoms with van der Waals surface area (Å²) in [5.41, 5.74) is 5.62. The van der Waals surface area contributed by atoms with Crippen molar-refractivity contribution >= 4 is 28.9 Å². The maximum atomic E-state index is 6.16. The summed E-state index contributed by atoms with van der Waals surface area (Å²) in [6.45, 7) is 0.275. The zero-order valence-corrected chi connectivity index (χ0v) is 14.1. The maximum absolute atomic E-state index is 6.16. The lowest BCUT2D eigenvalue weighted by atomic mass is 10.1. The van der Waals surface area contributed by atoms with Crippen molar-refractivity contribution in [3.8, 4) is 11.3 Å². The number of nitrogens with zero attached hydrogens (tertiary/aromatic N) is 2. The monoisotopic (exact) mass is 354 g/mol. The van der Waals surface area contributed by atoms with Gasteiger partial charge < -0.3 is 4.84 Å². The number of fused-ring (bicyclic) bond motifs is 3. The Bertz CT molecular complexity index is 906. The molecule has 0 saturated heterocycles. The van der Waals surface area contributed by atoms with Crippen molar-refractivity contribution in [1.29, 1.82) is 0 Å². The number of aromatic nitrogens is 1. The van der Waals surface area contributed by atoms with Crippen LogP contribution in [0.4, 0.5) is 0 Å². The first-order valence-electron chi connectivity index (χ1n) is 7.43. The Labute approximate surface area is 149 Å². The minimum absolute atomic E-state index is 0.275. The van der Waals surface area contributed by atoms with E-state index in [9.17, 15) is 0 Å². The summed E-state index contributed by atoms with van der Waals surface area (Å²) in [5, 5.41) is 5.51. The minimum atomic E-state index is 0.275. The number of rotatable bonds is 3. The van der Waals surface area contributed by atoms with Crippen LogP contribution in [-0.2, 0) is 11.4 Å². The molecule has 24 heavy (non-hydrogen) atoms. The van der Waals surface area contributed by atoms with E-state index in [1.165, 1.54) is 0 Å². The molecule has 0 radical (unpaired) electrons. The van der Waals surface area contributed by atoms with Gasteiger partial charge in [0, 0.05) is 38.5 Å². The smallest absolute Gasteiger partial charge is 0.143 e. The van der Waals surface area contributed by atoms with Crippen molar-refractivity contribution in [2.45, 2.75) is 6.61 Å². The molecule has 0 spiro atoms. The molecular weight excluding hydrogens is 343 g/mol. The fourth-order valence-electron chi connectivity index (χ4n) is 2.76. The van der Waals surface area contributed by atoms with Crippen LogP contribution in [0.5, 0.6) is 0 Å². The normalized spacial score (nSPS) is 13.7. The molecule has 1 aromatic heterocycles. The third kappa shape index (κ3) is 2.66. The van der Waals surface area contributed by atoms with Crippen LogP contribution in [0, 0.1) is 0 Å². The van der Waals surface area contributed by atoms with Gasteiger partial charge in [0.1, 0.15) is 12.3 Å². The van der Waals surface area contributed by atoms with E-state index in [4.69, 9.17) is 28.0 Å². The van der Waals surface area contributed by atoms with E-state index in [0.29, 0.717) is 10.0 Å². The second-order valence-corrected chi connectivity index (χ2v) is 6.24. The summed E-state index contributed by atoms with van der Waals surface area (Å²) in [6, 6.07) is 17.3. The Kier molecular flexibility index (Phi) is 3.97. The minimum Gasteiger partial charge on any atom is -0.390 e. The Morgan fingerprint density at radius 2 is 1.71 bits per heavy atom. The van der Waals surface area contributed by atoms with E-state index < -0.39 is 0 Å². The molecule has 3 nitrogen and oxygen atoms in total. The lowest BCUT2D eigenvalue weighted by Crippen LogP contribution is -2.00. The van der Waals surface area contributed by atoms with E-state index in [-0.39, 0.29) is 6.61 Å². The van der Waals surface area contributed by atoms with E-state index in [0.717, 1.165) is 33.7 Å². The standard InChI is InChI=1S/C19H12Cl2N2O/c20-13-8-7-12(17(21)10-13)11-24-23-19-15-5-2-1-4-14(15)18-16(19)6-3-9-22-18/h1-10H,11H2/b23-19+. The molecule has 1 aliphatic rings. The predicted molar refractivity (Wildman–Crippen MR) is 96.6 cm³/mol. The summed E-state index contributed by atoms with van der Waals surface area (Å²) in [5.74, 6) is 0. The highest BCUT2D eigenvalue weighted by Crippen LogP contribution is 2.35. The highest BCUT2D eigenvalue weighted by atomic mass is 35.5. The summed E-state index contributed by atoms with van der Waals surface area (Å²) in [4.78, 5) is 10.0. The van der Waals surface area contributed by atoms with E-state index >= 15 is 0 Å². The summed E-state index contributed by atoms with van der Waals surface area (Å²) in [6.07, 6.45) is 1.78. The van der Waals surface area contributed by atoms with Crippen LogP contribution in [0.2, 0.25) is 10.0 Å². The average Bonchev–Trinajstić information content (AvgIpc) is 2.91. The first-order valence-corrected chi connectivity index (χ1v) is 8.18. The van der Waals surface area contributed by atoms with Gasteiger partial charge in [-0.25, -0.2) is 0 Å². The second-order valence-electron chi connectivity index (χ2n) is 5.39. The van der Waals surface area contributed by atoms with E-state index in [1.54, 1.807) is 18.3 Å². The number of pyridine rings is 1. The van der Waals surface area contributed by atoms with Crippen LogP contribution in [0.15, 0.2) is 65.9 Å². The first-order chi connectivity index (χ1) is 11.7. The molecule has 0 aliphatic heterocycles. The fourth-order valence-corrected chi connectivity index (χ4v) is 3.22. The summed E-state index contributed by atoms with van der Waals surface area (Å²) < 4.78 is 0. The largest absolute Gasteiger partial charge is 0.390 e. The number of oxime groups is 1. The van der Waals surface area contributed by atoms with Crippen molar-refractivity contribution in [2.24, 2.45) is 5.16 Å². The molecule has 3 aromatic rings. The molecule has 0 saturated carbocycles. The van der Waals surface area contributed by atoms with Gasteiger partial charge in [-0.05, 0) is 24.3 Å². The number of halogens is 2. The molecular formula is C19H12Cl2N2O. The van der Waals surface area contributed by atoms with Crippen LogP contribution < -0.4 is 0 Å². The zero-order chi connectivity index (χ0) is 16.5. The molecule has 0 amide bonds. The van der Waals surface area contributed by atoms with Crippen molar-refractivity contribution in [2.75, 3.05) is 0 Å². The van der Waals surface area contributed by atoms with Crippen LogP contribution >= 0.6 is 23.2 Å². The van der Waals surface area contributed by atoms with Gasteiger partial charge in [0.25, 0.3) is 0 Å². The lowest BCUT2D eigenvalue weighted by molar-refractivity contribution is 0.131. The Morgan fingerprint density at radius 3 is 2.54 bits per heavy atom.